The summed E-state index contributed by atoms with van der Waals surface area (Å²) in [6.07, 6.45) is 6.68. The summed E-state index contributed by atoms with van der Waals surface area (Å²) in [5.74, 6) is 0.598. The van der Waals surface area contributed by atoms with Gasteiger partial charge in [0, 0.05) is 5.41 Å². The summed E-state index contributed by atoms with van der Waals surface area (Å²) in [6.45, 7) is 5.90. The van der Waals surface area contributed by atoms with Gasteiger partial charge in [-0.05, 0) is 75.0 Å². The van der Waals surface area contributed by atoms with Crippen LogP contribution in [0.3, 0.4) is 0 Å². The third-order valence-electron chi connectivity index (χ3n) is 8.84. The highest BCUT2D eigenvalue weighted by atomic mass is 16.3. The topological polar surface area (TPSA) is 77.8 Å². The van der Waals surface area contributed by atoms with Gasteiger partial charge in [0.15, 0.2) is 5.78 Å². The zero-order chi connectivity index (χ0) is 18.2. The van der Waals surface area contributed by atoms with Crippen LogP contribution < -0.4 is 0 Å². The Hall–Kier alpha value is -0.710. The Kier molecular flexibility index (Phi) is 3.82. The van der Waals surface area contributed by atoms with Gasteiger partial charge in [0.05, 0.1) is 12.2 Å². The summed E-state index contributed by atoms with van der Waals surface area (Å²) >= 11 is 0. The number of carbonyl (C=O) groups excluding carboxylic acids is 1. The minimum atomic E-state index is -1.23. The van der Waals surface area contributed by atoms with E-state index >= 15 is 0 Å². The zero-order valence-corrected chi connectivity index (χ0v) is 15.7. The second-order valence-electron chi connectivity index (χ2n) is 9.69. The number of hydrogen-bond donors (Lipinski definition) is 3. The maximum absolute atomic E-state index is 12.2. The van der Waals surface area contributed by atoms with Gasteiger partial charge in [0.1, 0.15) is 5.60 Å². The van der Waals surface area contributed by atoms with Crippen molar-refractivity contribution in [2.45, 2.75) is 83.5 Å². The molecule has 0 aromatic heterocycles. The molecule has 0 unspecified atom stereocenters. The monoisotopic (exact) mass is 348 g/mol. The van der Waals surface area contributed by atoms with Crippen molar-refractivity contribution in [3.05, 3.63) is 11.6 Å². The molecular formula is C21H32O4. The van der Waals surface area contributed by atoms with Gasteiger partial charge in [-0.2, -0.15) is 0 Å². The smallest absolute Gasteiger partial charge is 0.161 e. The van der Waals surface area contributed by atoms with Gasteiger partial charge in [-0.1, -0.05) is 25.5 Å². The molecule has 4 heteroatoms. The van der Waals surface area contributed by atoms with Gasteiger partial charge < -0.3 is 15.3 Å². The molecule has 4 rings (SSSR count). The second-order valence-corrected chi connectivity index (χ2v) is 9.69. The van der Waals surface area contributed by atoms with E-state index < -0.39 is 17.1 Å². The van der Waals surface area contributed by atoms with Crippen LogP contribution in [0.4, 0.5) is 0 Å². The van der Waals surface area contributed by atoms with Crippen LogP contribution in [0.5, 0.6) is 0 Å². The van der Waals surface area contributed by atoms with E-state index in [0.717, 1.165) is 32.1 Å². The van der Waals surface area contributed by atoms with Crippen LogP contribution >= 0.6 is 0 Å². The maximum atomic E-state index is 12.2. The number of fused-ring (bicyclic) bond motifs is 5. The lowest BCUT2D eigenvalue weighted by molar-refractivity contribution is -0.168. The molecule has 140 valence electrons. The first kappa shape index (κ1) is 17.7. The quantitative estimate of drug-likeness (QED) is 0.637. The van der Waals surface area contributed by atoms with Crippen LogP contribution in [-0.2, 0) is 4.79 Å². The van der Waals surface area contributed by atoms with Crippen molar-refractivity contribution in [3.8, 4) is 0 Å². The van der Waals surface area contributed by atoms with Gasteiger partial charge in [0.2, 0.25) is 0 Å². The fourth-order valence-corrected chi connectivity index (χ4v) is 7.27. The Labute approximate surface area is 150 Å². The van der Waals surface area contributed by atoms with E-state index in [1.807, 2.05) is 6.08 Å². The first-order valence-corrected chi connectivity index (χ1v) is 9.94. The minimum Gasteiger partial charge on any atom is -0.392 e. The van der Waals surface area contributed by atoms with Crippen molar-refractivity contribution in [1.82, 2.24) is 0 Å². The number of aliphatic hydroxyl groups excluding tert-OH is 2. The molecule has 8 atom stereocenters. The standard InChI is InChI=1S/C21H32O4/c1-12(22)21(25)9-6-16-18-15(5-8-20(16,21)3)19(2)7-4-14(23)10-13(19)11-17(18)24/h10,14-18,23-25H,4-9,11H2,1-3H3/t14-,15-,16-,17+,18+,19-,20-,21-/m0/s1. The van der Waals surface area contributed by atoms with Crippen molar-refractivity contribution in [2.24, 2.45) is 28.6 Å². The average molecular weight is 348 g/mol. The number of ketones is 1. The molecule has 0 bridgehead atoms. The van der Waals surface area contributed by atoms with Gasteiger partial charge >= 0.3 is 0 Å². The molecule has 25 heavy (non-hydrogen) atoms. The molecule has 4 aliphatic carbocycles. The molecule has 0 saturated heterocycles. The zero-order valence-electron chi connectivity index (χ0n) is 15.7. The molecule has 4 nitrogen and oxygen atoms in total. The summed E-state index contributed by atoms with van der Waals surface area (Å²) in [7, 11) is 0. The van der Waals surface area contributed by atoms with Gasteiger partial charge in [-0.15, -0.1) is 0 Å². The van der Waals surface area contributed by atoms with Crippen LogP contribution in [0.2, 0.25) is 0 Å². The lowest BCUT2D eigenvalue weighted by Crippen LogP contribution is -2.59. The SMILES string of the molecule is CC(=O)[C@@]1(O)CC[C@H]2[C@@H]3[C@H](O)CC4=C[C@@H](O)CC[C@]4(C)[C@H]3CC[C@@]21C. The van der Waals surface area contributed by atoms with E-state index in [0.29, 0.717) is 18.8 Å². The fourth-order valence-electron chi connectivity index (χ4n) is 7.27. The molecule has 3 fully saturated rings. The Balaban J connectivity index is 1.73. The van der Waals surface area contributed by atoms with E-state index in [9.17, 15) is 20.1 Å². The van der Waals surface area contributed by atoms with Gasteiger partial charge in [0.25, 0.3) is 0 Å². The summed E-state index contributed by atoms with van der Waals surface area (Å²) in [5.41, 5.74) is -0.389. The summed E-state index contributed by atoms with van der Waals surface area (Å²) in [4.78, 5) is 12.2. The van der Waals surface area contributed by atoms with Crippen molar-refractivity contribution in [2.75, 3.05) is 0 Å². The Morgan fingerprint density at radius 3 is 2.44 bits per heavy atom. The van der Waals surface area contributed by atoms with E-state index in [2.05, 4.69) is 13.8 Å². The molecule has 0 aliphatic heterocycles. The first-order valence-electron chi connectivity index (χ1n) is 9.94. The van der Waals surface area contributed by atoms with Crippen molar-refractivity contribution in [1.29, 1.82) is 0 Å². The third kappa shape index (κ3) is 2.14. The Morgan fingerprint density at radius 1 is 1.08 bits per heavy atom. The Bertz CT molecular complexity index is 627. The third-order valence-corrected chi connectivity index (χ3v) is 8.84. The maximum Gasteiger partial charge on any atom is 0.161 e. The number of carbonyl (C=O) groups is 1. The van der Waals surface area contributed by atoms with Crippen molar-refractivity contribution >= 4 is 5.78 Å². The van der Waals surface area contributed by atoms with Crippen molar-refractivity contribution < 1.29 is 20.1 Å². The van der Waals surface area contributed by atoms with E-state index in [1.165, 1.54) is 12.5 Å². The van der Waals surface area contributed by atoms with Crippen LogP contribution in [0, 0.1) is 28.6 Å². The molecule has 0 aromatic carbocycles. The van der Waals surface area contributed by atoms with Gasteiger partial charge in [-0.3, -0.25) is 4.79 Å². The first-order chi connectivity index (χ1) is 11.6. The molecule has 3 saturated carbocycles. The predicted molar refractivity (Wildman–Crippen MR) is 94.7 cm³/mol. The molecular weight excluding hydrogens is 316 g/mol. The largest absolute Gasteiger partial charge is 0.392 e. The second kappa shape index (κ2) is 5.40. The molecule has 0 heterocycles. The van der Waals surface area contributed by atoms with E-state index in [1.54, 1.807) is 0 Å². The average Bonchev–Trinajstić information content (AvgIpc) is 2.82. The highest BCUT2D eigenvalue weighted by Crippen LogP contribution is 2.67. The van der Waals surface area contributed by atoms with Crippen LogP contribution in [0.15, 0.2) is 11.6 Å². The minimum absolute atomic E-state index is 0.0430. The number of Topliss-reactive ketones (excluding diaryl/α,β-unsaturated/α-hetero) is 1. The van der Waals surface area contributed by atoms with Crippen LogP contribution in [0.25, 0.3) is 0 Å². The predicted octanol–water partition coefficient (Wildman–Crippen LogP) is 2.60. The molecule has 0 radical (unpaired) electrons. The lowest BCUT2D eigenvalue weighted by atomic mass is 9.45. The Morgan fingerprint density at radius 2 is 1.76 bits per heavy atom. The van der Waals surface area contributed by atoms with E-state index in [-0.39, 0.29) is 29.1 Å². The number of hydrogen-bond acceptors (Lipinski definition) is 4. The van der Waals surface area contributed by atoms with Gasteiger partial charge in [-0.25, -0.2) is 0 Å². The summed E-state index contributed by atoms with van der Waals surface area (Å²) < 4.78 is 0. The van der Waals surface area contributed by atoms with E-state index in [4.69, 9.17) is 0 Å². The molecule has 0 aromatic rings. The normalized spacial score (nSPS) is 55.0. The van der Waals surface area contributed by atoms with Crippen molar-refractivity contribution in [3.63, 3.8) is 0 Å². The molecule has 4 aliphatic rings. The number of rotatable bonds is 1. The molecule has 0 amide bonds. The molecule has 3 N–H and O–H groups in total. The highest BCUT2D eigenvalue weighted by molar-refractivity contribution is 5.86. The highest BCUT2D eigenvalue weighted by Gasteiger charge is 2.66. The lowest BCUT2D eigenvalue weighted by Gasteiger charge is -2.60. The summed E-state index contributed by atoms with van der Waals surface area (Å²) in [6, 6.07) is 0. The molecule has 0 spiro atoms. The van der Waals surface area contributed by atoms with Crippen LogP contribution in [0.1, 0.15) is 65.7 Å². The summed E-state index contributed by atoms with van der Waals surface area (Å²) in [5, 5.41) is 32.2. The number of aliphatic hydroxyl groups is 3. The van der Waals surface area contributed by atoms with Crippen LogP contribution in [-0.4, -0.2) is 38.9 Å². The fraction of sp³-hybridized carbons (Fsp3) is 0.857.